The predicted molar refractivity (Wildman–Crippen MR) is 101 cm³/mol. The molecule has 2 heterocycles. The van der Waals surface area contributed by atoms with Crippen LogP contribution in [0.1, 0.15) is 18.4 Å². The molecule has 0 saturated carbocycles. The number of hydrogen-bond donors (Lipinski definition) is 1. The lowest BCUT2D eigenvalue weighted by atomic mass is 10.1. The van der Waals surface area contributed by atoms with Crippen molar-refractivity contribution < 1.29 is 13.9 Å². The monoisotopic (exact) mass is 350 g/mol. The molecule has 26 heavy (non-hydrogen) atoms. The molecular formula is C21H22N2O3. The average Bonchev–Trinajstić information content (AvgIpc) is 3.28. The number of methoxy groups -OCH3 is 1. The Morgan fingerprint density at radius 3 is 2.92 bits per heavy atom. The van der Waals surface area contributed by atoms with Crippen molar-refractivity contribution in [3.63, 3.8) is 0 Å². The van der Waals surface area contributed by atoms with Crippen molar-refractivity contribution in [2.75, 3.05) is 13.7 Å². The van der Waals surface area contributed by atoms with Crippen LogP contribution in [0.25, 0.3) is 22.3 Å². The summed E-state index contributed by atoms with van der Waals surface area (Å²) in [4.78, 5) is 13.7. The molecule has 0 unspecified atom stereocenters. The number of ether oxygens (including phenoxy) is 1. The molecule has 2 N–H and O–H groups in total. The van der Waals surface area contributed by atoms with Gasteiger partial charge < -0.3 is 14.9 Å². The van der Waals surface area contributed by atoms with Crippen LogP contribution in [0.15, 0.2) is 52.9 Å². The van der Waals surface area contributed by atoms with Gasteiger partial charge in [-0.25, -0.2) is 0 Å². The molecule has 2 aromatic carbocycles. The zero-order valence-corrected chi connectivity index (χ0v) is 14.8. The van der Waals surface area contributed by atoms with E-state index in [2.05, 4.69) is 11.0 Å². The lowest BCUT2D eigenvalue weighted by Gasteiger charge is -2.21. The topological polar surface area (TPSA) is 68.7 Å². The molecule has 134 valence electrons. The highest BCUT2D eigenvalue weighted by Gasteiger charge is 2.28. The molecule has 1 aliphatic heterocycles. The van der Waals surface area contributed by atoms with Crippen molar-refractivity contribution in [3.8, 4) is 17.1 Å². The van der Waals surface area contributed by atoms with Gasteiger partial charge in [0.15, 0.2) is 0 Å². The number of benzene rings is 2. The normalized spacial score (nSPS) is 17.7. The van der Waals surface area contributed by atoms with Gasteiger partial charge in [-0.15, -0.1) is 0 Å². The standard InChI is InChI=1S/C21H22N2O3/c1-25-19-7-3-2-5-16(19)20-12-15-11-14(8-9-18(15)26-20)13-23-10-4-6-17(23)21(22)24/h2-3,5,7-9,11-12,17H,4,6,10,13H2,1H3,(H2,22,24)/t17-/m0/s1. The number of nitrogens with zero attached hydrogens (tertiary/aromatic N) is 1. The molecule has 0 spiro atoms. The third kappa shape index (κ3) is 3.06. The van der Waals surface area contributed by atoms with Gasteiger partial charge in [-0.05, 0) is 55.3 Å². The van der Waals surface area contributed by atoms with Gasteiger partial charge in [0, 0.05) is 11.9 Å². The molecule has 5 heteroatoms. The number of hydrogen-bond acceptors (Lipinski definition) is 4. The van der Waals surface area contributed by atoms with Crippen LogP contribution in [0, 0.1) is 0 Å². The summed E-state index contributed by atoms with van der Waals surface area (Å²) in [6, 6.07) is 15.8. The summed E-state index contributed by atoms with van der Waals surface area (Å²) >= 11 is 0. The second-order valence-electron chi connectivity index (χ2n) is 6.71. The highest BCUT2D eigenvalue weighted by Crippen LogP contribution is 2.34. The van der Waals surface area contributed by atoms with Crippen LogP contribution < -0.4 is 10.5 Å². The fraction of sp³-hybridized carbons (Fsp3) is 0.286. The number of nitrogens with two attached hydrogens (primary N) is 1. The van der Waals surface area contributed by atoms with Gasteiger partial charge in [-0.3, -0.25) is 9.69 Å². The SMILES string of the molecule is COc1ccccc1-c1cc2cc(CN3CCC[C@H]3C(N)=O)ccc2o1. The van der Waals surface area contributed by atoms with Gasteiger partial charge in [-0.1, -0.05) is 18.2 Å². The first-order valence-electron chi connectivity index (χ1n) is 8.85. The predicted octanol–water partition coefficient (Wildman–Crippen LogP) is 3.56. The largest absolute Gasteiger partial charge is 0.496 e. The average molecular weight is 350 g/mol. The Morgan fingerprint density at radius 2 is 2.12 bits per heavy atom. The summed E-state index contributed by atoms with van der Waals surface area (Å²) in [6.07, 6.45) is 1.86. The molecule has 1 atom stereocenters. The minimum absolute atomic E-state index is 0.154. The maximum atomic E-state index is 11.6. The van der Waals surface area contributed by atoms with Crippen LogP contribution in [0.2, 0.25) is 0 Å². The Hall–Kier alpha value is -2.79. The van der Waals surface area contributed by atoms with Gasteiger partial charge in [0.25, 0.3) is 0 Å². The number of amides is 1. The first-order chi connectivity index (χ1) is 12.7. The summed E-state index contributed by atoms with van der Waals surface area (Å²) < 4.78 is 11.4. The zero-order valence-electron chi connectivity index (χ0n) is 14.8. The zero-order chi connectivity index (χ0) is 18.1. The van der Waals surface area contributed by atoms with Gasteiger partial charge >= 0.3 is 0 Å². The van der Waals surface area contributed by atoms with E-state index in [4.69, 9.17) is 14.9 Å². The Bertz CT molecular complexity index is 947. The second-order valence-corrected chi connectivity index (χ2v) is 6.71. The number of para-hydroxylation sites is 1. The van der Waals surface area contributed by atoms with E-state index in [0.29, 0.717) is 0 Å². The fourth-order valence-electron chi connectivity index (χ4n) is 3.74. The summed E-state index contributed by atoms with van der Waals surface area (Å²) in [5, 5.41) is 1.04. The fourth-order valence-corrected chi connectivity index (χ4v) is 3.74. The summed E-state index contributed by atoms with van der Waals surface area (Å²) in [7, 11) is 1.66. The number of carbonyl (C=O) groups is 1. The molecule has 1 amide bonds. The van der Waals surface area contributed by atoms with Crippen LogP contribution in [-0.4, -0.2) is 30.5 Å². The van der Waals surface area contributed by atoms with E-state index < -0.39 is 0 Å². The van der Waals surface area contributed by atoms with Crippen LogP contribution in [-0.2, 0) is 11.3 Å². The highest BCUT2D eigenvalue weighted by atomic mass is 16.5. The van der Waals surface area contributed by atoms with E-state index in [1.54, 1.807) is 7.11 Å². The lowest BCUT2D eigenvalue weighted by Crippen LogP contribution is -2.39. The van der Waals surface area contributed by atoms with Gasteiger partial charge in [0.2, 0.25) is 5.91 Å². The number of fused-ring (bicyclic) bond motifs is 1. The minimum Gasteiger partial charge on any atom is -0.496 e. The minimum atomic E-state index is -0.231. The Morgan fingerprint density at radius 1 is 1.27 bits per heavy atom. The van der Waals surface area contributed by atoms with Gasteiger partial charge in [0.05, 0.1) is 18.7 Å². The smallest absolute Gasteiger partial charge is 0.234 e. The Balaban J connectivity index is 1.63. The Labute approximate surface area is 152 Å². The van der Waals surface area contributed by atoms with Crippen molar-refractivity contribution in [1.82, 2.24) is 4.90 Å². The maximum absolute atomic E-state index is 11.6. The highest BCUT2D eigenvalue weighted by molar-refractivity contribution is 5.84. The lowest BCUT2D eigenvalue weighted by molar-refractivity contribution is -0.122. The molecule has 1 fully saturated rings. The maximum Gasteiger partial charge on any atom is 0.234 e. The van der Waals surface area contributed by atoms with Crippen molar-refractivity contribution >= 4 is 16.9 Å². The number of rotatable bonds is 5. The summed E-state index contributed by atoms with van der Waals surface area (Å²) in [5.41, 5.74) is 8.44. The van der Waals surface area contributed by atoms with E-state index >= 15 is 0 Å². The molecule has 5 nitrogen and oxygen atoms in total. The molecule has 4 rings (SSSR count). The molecule has 1 saturated heterocycles. The number of primary amides is 1. The molecule has 1 aromatic heterocycles. The van der Waals surface area contributed by atoms with Crippen molar-refractivity contribution in [3.05, 3.63) is 54.1 Å². The number of likely N-dealkylation sites (tertiary alicyclic amines) is 1. The van der Waals surface area contributed by atoms with E-state index in [1.807, 2.05) is 42.5 Å². The molecule has 0 bridgehead atoms. The van der Waals surface area contributed by atoms with Crippen molar-refractivity contribution in [2.24, 2.45) is 5.73 Å². The molecule has 0 radical (unpaired) electrons. The Kier molecular flexibility index (Phi) is 4.39. The third-order valence-electron chi connectivity index (χ3n) is 5.03. The van der Waals surface area contributed by atoms with E-state index in [0.717, 1.165) is 59.5 Å². The van der Waals surface area contributed by atoms with Crippen LogP contribution in [0.4, 0.5) is 0 Å². The quantitative estimate of drug-likeness (QED) is 0.764. The van der Waals surface area contributed by atoms with Crippen molar-refractivity contribution in [1.29, 1.82) is 0 Å². The number of carbonyl (C=O) groups excluding carboxylic acids is 1. The van der Waals surface area contributed by atoms with E-state index in [1.165, 1.54) is 0 Å². The molecular weight excluding hydrogens is 328 g/mol. The van der Waals surface area contributed by atoms with Gasteiger partial charge in [0.1, 0.15) is 17.1 Å². The van der Waals surface area contributed by atoms with Crippen LogP contribution in [0.5, 0.6) is 5.75 Å². The number of furan rings is 1. The summed E-state index contributed by atoms with van der Waals surface area (Å²) in [6.45, 7) is 1.63. The van der Waals surface area contributed by atoms with E-state index in [9.17, 15) is 4.79 Å². The molecule has 1 aliphatic rings. The van der Waals surface area contributed by atoms with Crippen LogP contribution >= 0.6 is 0 Å². The third-order valence-corrected chi connectivity index (χ3v) is 5.03. The van der Waals surface area contributed by atoms with Gasteiger partial charge in [-0.2, -0.15) is 0 Å². The molecule has 0 aliphatic carbocycles. The first-order valence-corrected chi connectivity index (χ1v) is 8.85. The van der Waals surface area contributed by atoms with E-state index in [-0.39, 0.29) is 11.9 Å². The van der Waals surface area contributed by atoms with Crippen molar-refractivity contribution in [2.45, 2.75) is 25.4 Å². The second kappa shape index (κ2) is 6.84. The first kappa shape index (κ1) is 16.7. The summed E-state index contributed by atoms with van der Waals surface area (Å²) in [5.74, 6) is 1.34. The molecule has 3 aromatic rings. The van der Waals surface area contributed by atoms with Crippen LogP contribution in [0.3, 0.4) is 0 Å².